The van der Waals surface area contributed by atoms with Crippen LogP contribution in [0.25, 0.3) is 10.9 Å². The summed E-state index contributed by atoms with van der Waals surface area (Å²) in [6.45, 7) is 0. The minimum absolute atomic E-state index is 0.373. The fourth-order valence-corrected chi connectivity index (χ4v) is 3.03. The van der Waals surface area contributed by atoms with Crippen molar-refractivity contribution in [1.82, 2.24) is 15.3 Å². The van der Waals surface area contributed by atoms with Crippen molar-refractivity contribution in [2.24, 2.45) is 0 Å². The molecular weight excluding hydrogens is 394 g/mol. The van der Waals surface area contributed by atoms with Crippen molar-refractivity contribution in [3.05, 3.63) is 84.7 Å². The van der Waals surface area contributed by atoms with Crippen molar-refractivity contribution < 1.29 is 14.3 Å². The topological polar surface area (TPSA) is 105 Å². The number of nitrogens with zero attached hydrogens (tertiary/aromatic N) is 2. The molecule has 3 N–H and O–H groups in total. The third-order valence-corrected chi connectivity index (χ3v) is 4.50. The van der Waals surface area contributed by atoms with Gasteiger partial charge in [0.1, 0.15) is 17.9 Å². The van der Waals surface area contributed by atoms with E-state index in [-0.39, 0.29) is 0 Å². The molecule has 8 nitrogen and oxygen atoms in total. The van der Waals surface area contributed by atoms with Crippen LogP contribution in [0.5, 0.6) is 5.75 Å². The number of para-hydroxylation sites is 1. The predicted octanol–water partition coefficient (Wildman–Crippen LogP) is 4.34. The van der Waals surface area contributed by atoms with Gasteiger partial charge in [-0.05, 0) is 36.4 Å². The van der Waals surface area contributed by atoms with Crippen molar-refractivity contribution in [2.75, 3.05) is 17.7 Å². The van der Waals surface area contributed by atoms with Crippen LogP contribution < -0.4 is 20.7 Å². The van der Waals surface area contributed by atoms with E-state index in [9.17, 15) is 9.59 Å². The van der Waals surface area contributed by atoms with Gasteiger partial charge in [-0.3, -0.25) is 10.1 Å². The molecular formula is C23H19N5O3. The fraction of sp³-hybridized carbons (Fsp3) is 0.0435. The van der Waals surface area contributed by atoms with Crippen LogP contribution >= 0.6 is 0 Å². The van der Waals surface area contributed by atoms with Crippen molar-refractivity contribution in [2.45, 2.75) is 0 Å². The minimum atomic E-state index is -0.678. The number of imide groups is 1. The van der Waals surface area contributed by atoms with Gasteiger partial charge in [0.15, 0.2) is 0 Å². The van der Waals surface area contributed by atoms with E-state index in [1.807, 2.05) is 30.3 Å². The van der Waals surface area contributed by atoms with Crippen LogP contribution in [0.1, 0.15) is 10.4 Å². The molecule has 3 amide bonds. The van der Waals surface area contributed by atoms with E-state index in [1.54, 1.807) is 42.5 Å². The van der Waals surface area contributed by atoms with Gasteiger partial charge in [-0.25, -0.2) is 14.8 Å². The van der Waals surface area contributed by atoms with Crippen molar-refractivity contribution >= 4 is 40.0 Å². The number of nitrogens with one attached hydrogen (secondary N) is 3. The number of benzene rings is 3. The summed E-state index contributed by atoms with van der Waals surface area (Å²) in [5.41, 5.74) is 2.23. The van der Waals surface area contributed by atoms with Gasteiger partial charge < -0.3 is 15.4 Å². The van der Waals surface area contributed by atoms with Gasteiger partial charge in [0.05, 0.1) is 18.3 Å². The SMILES string of the molecule is COc1cc2c(Nc3ccccc3)ncnc2cc1NC(=O)NC(=O)c1ccccc1. The lowest BCUT2D eigenvalue weighted by atomic mass is 10.2. The minimum Gasteiger partial charge on any atom is -0.495 e. The number of hydrogen-bond donors (Lipinski definition) is 3. The molecule has 8 heteroatoms. The van der Waals surface area contributed by atoms with Gasteiger partial charge in [-0.1, -0.05) is 36.4 Å². The van der Waals surface area contributed by atoms with Crippen molar-refractivity contribution in [3.63, 3.8) is 0 Å². The summed E-state index contributed by atoms with van der Waals surface area (Å²) >= 11 is 0. The maximum atomic E-state index is 12.4. The van der Waals surface area contributed by atoms with Gasteiger partial charge in [-0.2, -0.15) is 0 Å². The largest absolute Gasteiger partial charge is 0.495 e. The lowest BCUT2D eigenvalue weighted by molar-refractivity contribution is 0.0967. The van der Waals surface area contributed by atoms with E-state index in [1.165, 1.54) is 13.4 Å². The second-order valence-electron chi connectivity index (χ2n) is 6.56. The average Bonchev–Trinajstić information content (AvgIpc) is 2.80. The number of carbonyl (C=O) groups is 2. The Kier molecular flexibility index (Phi) is 5.70. The Morgan fingerprint density at radius 3 is 2.32 bits per heavy atom. The van der Waals surface area contributed by atoms with Crippen molar-refractivity contribution in [1.29, 1.82) is 0 Å². The number of aromatic nitrogens is 2. The number of amides is 3. The number of rotatable bonds is 5. The zero-order valence-corrected chi connectivity index (χ0v) is 16.6. The van der Waals surface area contributed by atoms with Gasteiger partial charge in [-0.15, -0.1) is 0 Å². The molecule has 0 radical (unpaired) electrons. The Labute approximate surface area is 178 Å². The zero-order chi connectivity index (χ0) is 21.6. The molecule has 4 aromatic rings. The second-order valence-corrected chi connectivity index (χ2v) is 6.56. The van der Waals surface area contributed by atoms with Gasteiger partial charge in [0, 0.05) is 16.6 Å². The fourth-order valence-electron chi connectivity index (χ4n) is 3.03. The Morgan fingerprint density at radius 2 is 1.61 bits per heavy atom. The summed E-state index contributed by atoms with van der Waals surface area (Å²) in [6.07, 6.45) is 1.43. The van der Waals surface area contributed by atoms with E-state index >= 15 is 0 Å². The van der Waals surface area contributed by atoms with Crippen molar-refractivity contribution in [3.8, 4) is 5.75 Å². The molecule has 0 fully saturated rings. The standard InChI is InChI=1S/C23H19N5O3/c1-31-20-12-17-18(24-14-25-21(17)26-16-10-6-3-7-11-16)13-19(20)27-23(30)28-22(29)15-8-4-2-5-9-15/h2-14H,1H3,(H,24,25,26)(H2,27,28,29,30). The molecule has 0 aliphatic rings. The normalized spacial score (nSPS) is 10.4. The highest BCUT2D eigenvalue weighted by Crippen LogP contribution is 2.33. The molecule has 0 unspecified atom stereocenters. The average molecular weight is 413 g/mol. The van der Waals surface area contributed by atoms with Crippen LogP contribution in [-0.4, -0.2) is 29.0 Å². The molecule has 0 aliphatic carbocycles. The molecule has 31 heavy (non-hydrogen) atoms. The lowest BCUT2D eigenvalue weighted by Gasteiger charge is -2.14. The van der Waals surface area contributed by atoms with Gasteiger partial charge in [0.2, 0.25) is 0 Å². The Hall–Kier alpha value is -4.46. The molecule has 4 rings (SSSR count). The van der Waals surface area contributed by atoms with E-state index in [4.69, 9.17) is 4.74 Å². The van der Waals surface area contributed by atoms with Crippen LogP contribution in [-0.2, 0) is 0 Å². The maximum absolute atomic E-state index is 12.4. The molecule has 154 valence electrons. The van der Waals surface area contributed by atoms with Gasteiger partial charge >= 0.3 is 6.03 Å². The highest BCUT2D eigenvalue weighted by molar-refractivity contribution is 6.09. The second kappa shape index (κ2) is 8.91. The Balaban J connectivity index is 1.58. The summed E-state index contributed by atoms with van der Waals surface area (Å²) in [7, 11) is 1.49. The summed E-state index contributed by atoms with van der Waals surface area (Å²) in [5.74, 6) is 0.500. The van der Waals surface area contributed by atoms with E-state index in [0.29, 0.717) is 28.3 Å². The first-order valence-corrected chi connectivity index (χ1v) is 9.46. The summed E-state index contributed by atoms with van der Waals surface area (Å²) in [6, 6.07) is 20.8. The molecule has 3 aromatic carbocycles. The number of ether oxygens (including phenoxy) is 1. The van der Waals surface area contributed by atoms with Crippen LogP contribution in [0.4, 0.5) is 22.0 Å². The lowest BCUT2D eigenvalue weighted by Crippen LogP contribution is -2.34. The number of methoxy groups -OCH3 is 1. The molecule has 0 spiro atoms. The number of anilines is 3. The first-order chi connectivity index (χ1) is 15.1. The highest BCUT2D eigenvalue weighted by Gasteiger charge is 2.15. The Morgan fingerprint density at radius 1 is 0.903 bits per heavy atom. The molecule has 0 bridgehead atoms. The zero-order valence-electron chi connectivity index (χ0n) is 16.6. The smallest absolute Gasteiger partial charge is 0.326 e. The molecule has 0 aliphatic heterocycles. The van der Waals surface area contributed by atoms with Crippen LogP contribution in [0.15, 0.2) is 79.1 Å². The van der Waals surface area contributed by atoms with E-state index in [0.717, 1.165) is 11.1 Å². The molecule has 1 heterocycles. The summed E-state index contributed by atoms with van der Waals surface area (Å²) in [4.78, 5) is 33.2. The highest BCUT2D eigenvalue weighted by atomic mass is 16.5. The third kappa shape index (κ3) is 4.59. The number of hydrogen-bond acceptors (Lipinski definition) is 6. The first kappa shape index (κ1) is 19.8. The summed E-state index contributed by atoms with van der Waals surface area (Å²) < 4.78 is 5.44. The quantitative estimate of drug-likeness (QED) is 0.449. The third-order valence-electron chi connectivity index (χ3n) is 4.50. The maximum Gasteiger partial charge on any atom is 0.326 e. The number of fused-ring (bicyclic) bond motifs is 1. The molecule has 0 atom stereocenters. The van der Waals surface area contributed by atoms with Crippen LogP contribution in [0.3, 0.4) is 0 Å². The van der Waals surface area contributed by atoms with Gasteiger partial charge in [0.25, 0.3) is 5.91 Å². The number of urea groups is 1. The molecule has 0 saturated carbocycles. The molecule has 1 aromatic heterocycles. The van der Waals surface area contributed by atoms with E-state index < -0.39 is 11.9 Å². The Bertz CT molecular complexity index is 1230. The predicted molar refractivity (Wildman–Crippen MR) is 119 cm³/mol. The molecule has 0 saturated heterocycles. The van der Waals surface area contributed by atoms with Crippen LogP contribution in [0, 0.1) is 0 Å². The summed E-state index contributed by atoms with van der Waals surface area (Å²) in [5, 5.41) is 8.91. The van der Waals surface area contributed by atoms with Crippen LogP contribution in [0.2, 0.25) is 0 Å². The number of carbonyl (C=O) groups excluding carboxylic acids is 2. The monoisotopic (exact) mass is 413 g/mol. The first-order valence-electron chi connectivity index (χ1n) is 9.46. The van der Waals surface area contributed by atoms with E-state index in [2.05, 4.69) is 25.9 Å².